The summed E-state index contributed by atoms with van der Waals surface area (Å²) >= 11 is 0. The van der Waals surface area contributed by atoms with Gasteiger partial charge in [-0.1, -0.05) is 12.1 Å². The molecular formula is C18H23NO5. The van der Waals surface area contributed by atoms with E-state index in [0.717, 1.165) is 22.0 Å². The number of esters is 2. The van der Waals surface area contributed by atoms with Gasteiger partial charge in [-0.05, 0) is 37.0 Å². The lowest BCUT2D eigenvalue weighted by Crippen LogP contribution is -2.09. The molecular weight excluding hydrogens is 310 g/mol. The summed E-state index contributed by atoms with van der Waals surface area (Å²) in [7, 11) is 3.00. The van der Waals surface area contributed by atoms with Crippen molar-refractivity contribution in [3.63, 3.8) is 0 Å². The van der Waals surface area contributed by atoms with Crippen LogP contribution in [0.15, 0.2) is 18.2 Å². The molecule has 0 saturated carbocycles. The maximum atomic E-state index is 12.3. The fourth-order valence-corrected chi connectivity index (χ4v) is 2.81. The van der Waals surface area contributed by atoms with Crippen LogP contribution in [0.1, 0.15) is 41.4 Å². The molecule has 6 heteroatoms. The van der Waals surface area contributed by atoms with E-state index in [1.807, 2.05) is 18.2 Å². The van der Waals surface area contributed by atoms with Crippen LogP contribution in [0, 0.1) is 0 Å². The van der Waals surface area contributed by atoms with E-state index in [-0.39, 0.29) is 11.9 Å². The number of hydrogen-bond acceptors (Lipinski definition) is 5. The maximum absolute atomic E-state index is 12.3. The number of rotatable bonds is 8. The van der Waals surface area contributed by atoms with Gasteiger partial charge in [-0.15, -0.1) is 0 Å². The van der Waals surface area contributed by atoms with Crippen molar-refractivity contribution >= 4 is 22.8 Å². The van der Waals surface area contributed by atoms with Crippen molar-refractivity contribution in [3.05, 3.63) is 35.0 Å². The van der Waals surface area contributed by atoms with Gasteiger partial charge in [0, 0.05) is 24.4 Å². The van der Waals surface area contributed by atoms with Gasteiger partial charge >= 0.3 is 11.9 Å². The number of fused-ring (bicyclic) bond motifs is 1. The Kier molecular flexibility index (Phi) is 6.37. The van der Waals surface area contributed by atoms with Gasteiger partial charge in [0.25, 0.3) is 0 Å². The first-order chi connectivity index (χ1) is 11.6. The number of H-pyrrole nitrogens is 1. The van der Waals surface area contributed by atoms with E-state index in [9.17, 15) is 9.59 Å². The summed E-state index contributed by atoms with van der Waals surface area (Å²) in [5, 5.41) is 0.965. The standard InChI is InChI=1S/C18H23NO5/c1-4-24-18(21)17-13(8-6-10-15(20)23-3)16-12(11-22-2)7-5-9-14(16)19-17/h5,7,9,19H,4,6,8,10-11H2,1-3H3. The van der Waals surface area contributed by atoms with Crippen molar-refractivity contribution in [1.29, 1.82) is 0 Å². The lowest BCUT2D eigenvalue weighted by molar-refractivity contribution is -0.140. The minimum Gasteiger partial charge on any atom is -0.469 e. The predicted molar refractivity (Wildman–Crippen MR) is 89.9 cm³/mol. The van der Waals surface area contributed by atoms with Crippen molar-refractivity contribution in [2.75, 3.05) is 20.8 Å². The molecule has 0 unspecified atom stereocenters. The lowest BCUT2D eigenvalue weighted by Gasteiger charge is -2.07. The molecule has 1 heterocycles. The molecule has 0 saturated heterocycles. The maximum Gasteiger partial charge on any atom is 0.355 e. The number of hydrogen-bond donors (Lipinski definition) is 1. The Balaban J connectivity index is 2.42. The molecule has 0 aliphatic heterocycles. The summed E-state index contributed by atoms with van der Waals surface area (Å²) in [6, 6.07) is 5.81. The Morgan fingerprint density at radius 1 is 1.21 bits per heavy atom. The molecule has 2 aromatic rings. The minimum absolute atomic E-state index is 0.260. The predicted octanol–water partition coefficient (Wildman–Crippen LogP) is 2.99. The number of nitrogens with one attached hydrogen (secondary N) is 1. The van der Waals surface area contributed by atoms with E-state index in [1.165, 1.54) is 7.11 Å². The summed E-state index contributed by atoms with van der Waals surface area (Å²) < 4.78 is 15.1. The van der Waals surface area contributed by atoms with Crippen LogP contribution in [-0.2, 0) is 32.0 Å². The number of aromatic nitrogens is 1. The summed E-state index contributed by atoms with van der Waals surface area (Å²) in [5.74, 6) is -0.644. The average molecular weight is 333 g/mol. The Morgan fingerprint density at radius 3 is 2.67 bits per heavy atom. The van der Waals surface area contributed by atoms with Gasteiger partial charge < -0.3 is 19.2 Å². The molecule has 0 aliphatic carbocycles. The van der Waals surface area contributed by atoms with Crippen molar-refractivity contribution in [2.45, 2.75) is 32.8 Å². The zero-order valence-corrected chi connectivity index (χ0v) is 14.3. The normalized spacial score (nSPS) is 10.8. The van der Waals surface area contributed by atoms with Gasteiger partial charge in [0.2, 0.25) is 0 Å². The molecule has 1 aromatic heterocycles. The van der Waals surface area contributed by atoms with E-state index in [4.69, 9.17) is 9.47 Å². The zero-order valence-electron chi connectivity index (χ0n) is 14.3. The monoisotopic (exact) mass is 333 g/mol. The Bertz CT molecular complexity index is 720. The molecule has 0 amide bonds. The average Bonchev–Trinajstić information content (AvgIpc) is 2.95. The number of aryl methyl sites for hydroxylation is 1. The molecule has 0 fully saturated rings. The second-order valence-corrected chi connectivity index (χ2v) is 5.40. The molecule has 1 N–H and O–H groups in total. The Labute approximate surface area is 141 Å². The summed E-state index contributed by atoms with van der Waals surface area (Å²) in [5.41, 5.74) is 3.16. The van der Waals surface area contributed by atoms with Gasteiger partial charge in [-0.3, -0.25) is 4.79 Å². The Morgan fingerprint density at radius 2 is 2.00 bits per heavy atom. The van der Waals surface area contributed by atoms with Gasteiger partial charge in [-0.2, -0.15) is 0 Å². The van der Waals surface area contributed by atoms with Gasteiger partial charge in [-0.25, -0.2) is 4.79 Å². The van der Waals surface area contributed by atoms with Crippen LogP contribution < -0.4 is 0 Å². The van der Waals surface area contributed by atoms with Crippen LogP contribution >= 0.6 is 0 Å². The third kappa shape index (κ3) is 3.94. The molecule has 130 valence electrons. The highest BCUT2D eigenvalue weighted by atomic mass is 16.5. The second-order valence-electron chi connectivity index (χ2n) is 5.40. The number of carbonyl (C=O) groups excluding carboxylic acids is 2. The van der Waals surface area contributed by atoms with Crippen LogP contribution in [0.2, 0.25) is 0 Å². The van der Waals surface area contributed by atoms with E-state index in [2.05, 4.69) is 9.72 Å². The molecule has 6 nitrogen and oxygen atoms in total. The highest BCUT2D eigenvalue weighted by Gasteiger charge is 2.20. The van der Waals surface area contributed by atoms with Crippen LogP contribution in [0.25, 0.3) is 10.9 Å². The minimum atomic E-state index is -0.384. The largest absolute Gasteiger partial charge is 0.469 e. The fraction of sp³-hybridized carbons (Fsp3) is 0.444. The number of ether oxygens (including phenoxy) is 3. The van der Waals surface area contributed by atoms with Gasteiger partial charge in [0.1, 0.15) is 5.69 Å². The van der Waals surface area contributed by atoms with Crippen molar-refractivity contribution in [3.8, 4) is 0 Å². The Hall–Kier alpha value is -2.34. The molecule has 0 aliphatic rings. The van der Waals surface area contributed by atoms with E-state index < -0.39 is 0 Å². The number of benzene rings is 1. The quantitative estimate of drug-likeness (QED) is 0.752. The van der Waals surface area contributed by atoms with E-state index >= 15 is 0 Å². The highest BCUT2D eigenvalue weighted by molar-refractivity contribution is 5.99. The molecule has 0 spiro atoms. The number of aromatic amines is 1. The van der Waals surface area contributed by atoms with Crippen molar-refractivity contribution in [2.24, 2.45) is 0 Å². The van der Waals surface area contributed by atoms with Crippen LogP contribution in [0.3, 0.4) is 0 Å². The van der Waals surface area contributed by atoms with Crippen molar-refractivity contribution < 1.29 is 23.8 Å². The second kappa shape index (κ2) is 8.49. The SMILES string of the molecule is CCOC(=O)c1[nH]c2cccc(COC)c2c1CCCC(=O)OC. The summed E-state index contributed by atoms with van der Waals surface area (Å²) in [6.45, 7) is 2.52. The van der Waals surface area contributed by atoms with E-state index in [1.54, 1.807) is 14.0 Å². The first-order valence-electron chi connectivity index (χ1n) is 7.97. The topological polar surface area (TPSA) is 77.6 Å². The fourth-order valence-electron chi connectivity index (χ4n) is 2.81. The zero-order chi connectivity index (χ0) is 17.5. The van der Waals surface area contributed by atoms with Gasteiger partial charge in [0.15, 0.2) is 0 Å². The van der Waals surface area contributed by atoms with Crippen LogP contribution in [0.5, 0.6) is 0 Å². The summed E-state index contributed by atoms with van der Waals surface area (Å²) in [6.07, 6.45) is 1.47. The third-order valence-electron chi connectivity index (χ3n) is 3.83. The molecule has 0 atom stereocenters. The van der Waals surface area contributed by atoms with Crippen LogP contribution in [-0.4, -0.2) is 37.7 Å². The van der Waals surface area contributed by atoms with Gasteiger partial charge in [0.05, 0.1) is 20.3 Å². The molecule has 1 aromatic carbocycles. The molecule has 24 heavy (non-hydrogen) atoms. The number of carbonyl (C=O) groups is 2. The number of methoxy groups -OCH3 is 2. The van der Waals surface area contributed by atoms with E-state index in [0.29, 0.717) is 38.2 Å². The van der Waals surface area contributed by atoms with Crippen molar-refractivity contribution in [1.82, 2.24) is 4.98 Å². The first-order valence-corrected chi connectivity index (χ1v) is 7.97. The smallest absolute Gasteiger partial charge is 0.355 e. The molecule has 2 rings (SSSR count). The molecule has 0 bridgehead atoms. The highest BCUT2D eigenvalue weighted by Crippen LogP contribution is 2.28. The third-order valence-corrected chi connectivity index (χ3v) is 3.83. The lowest BCUT2D eigenvalue weighted by atomic mass is 10.0. The first kappa shape index (κ1) is 18.0. The van der Waals surface area contributed by atoms with Crippen LogP contribution in [0.4, 0.5) is 0 Å². The summed E-state index contributed by atoms with van der Waals surface area (Å²) in [4.78, 5) is 26.8. The molecule has 0 radical (unpaired) electrons.